The number of ether oxygens (including phenoxy) is 1. The number of aromatic nitrogens is 3. The SMILES string of the molecule is CCOc1ccccc1NC(=O)C1=C(C)Nc2ncnn2[C@@H]1c1ccc(C(=O)O)cc1. The molecule has 1 aliphatic heterocycles. The molecule has 0 bridgehead atoms. The number of allylic oxidation sites excluding steroid dienone is 1. The molecule has 9 heteroatoms. The van der Waals surface area contributed by atoms with Gasteiger partial charge in [0.25, 0.3) is 5.91 Å². The standard InChI is InChI=1S/C22H21N5O4/c1-3-31-17-7-5-4-6-16(17)26-20(28)18-13(2)25-22-23-12-24-27(22)19(18)14-8-10-15(11-9-14)21(29)30/h4-12,19H,3H2,1-2H3,(H,26,28)(H,29,30)(H,23,24,25)/t19-/m1/s1. The number of carboxylic acids is 1. The topological polar surface area (TPSA) is 118 Å². The Bertz CT molecular complexity index is 1170. The smallest absolute Gasteiger partial charge is 0.335 e. The second-order valence-corrected chi connectivity index (χ2v) is 6.90. The molecular formula is C22H21N5O4. The highest BCUT2D eigenvalue weighted by molar-refractivity contribution is 6.06. The molecule has 9 nitrogen and oxygen atoms in total. The molecule has 0 radical (unpaired) electrons. The van der Waals surface area contributed by atoms with Gasteiger partial charge in [-0.1, -0.05) is 24.3 Å². The van der Waals surface area contributed by atoms with Crippen LogP contribution >= 0.6 is 0 Å². The molecule has 3 N–H and O–H groups in total. The monoisotopic (exact) mass is 419 g/mol. The number of benzene rings is 2. The number of carbonyl (C=O) groups excluding carboxylic acids is 1. The second kappa shape index (κ2) is 8.31. The summed E-state index contributed by atoms with van der Waals surface area (Å²) in [6.07, 6.45) is 1.40. The number of carbonyl (C=O) groups is 2. The molecule has 0 aliphatic carbocycles. The van der Waals surface area contributed by atoms with Crippen LogP contribution in [0.1, 0.15) is 35.8 Å². The summed E-state index contributed by atoms with van der Waals surface area (Å²) in [4.78, 5) is 28.8. The van der Waals surface area contributed by atoms with E-state index in [1.807, 2.05) is 19.1 Å². The summed E-state index contributed by atoms with van der Waals surface area (Å²) in [5.41, 5.74) is 2.49. The molecule has 0 saturated heterocycles. The zero-order valence-electron chi connectivity index (χ0n) is 17.0. The summed E-state index contributed by atoms with van der Waals surface area (Å²) in [6, 6.07) is 13.0. The molecule has 31 heavy (non-hydrogen) atoms. The van der Waals surface area contributed by atoms with Crippen molar-refractivity contribution in [1.29, 1.82) is 0 Å². The zero-order valence-corrected chi connectivity index (χ0v) is 17.0. The van der Waals surface area contributed by atoms with Gasteiger partial charge in [0.05, 0.1) is 23.4 Å². The van der Waals surface area contributed by atoms with E-state index in [0.717, 1.165) is 0 Å². The third-order valence-electron chi connectivity index (χ3n) is 4.95. The van der Waals surface area contributed by atoms with Crippen molar-refractivity contribution in [2.75, 3.05) is 17.2 Å². The van der Waals surface area contributed by atoms with Gasteiger partial charge in [0.15, 0.2) is 0 Å². The average Bonchev–Trinajstić information content (AvgIpc) is 3.22. The molecule has 0 saturated carbocycles. The van der Waals surface area contributed by atoms with Crippen molar-refractivity contribution >= 4 is 23.5 Å². The summed E-state index contributed by atoms with van der Waals surface area (Å²) in [7, 11) is 0. The first kappa shape index (κ1) is 20.1. The molecule has 1 amide bonds. The Morgan fingerprint density at radius 3 is 2.65 bits per heavy atom. The first-order valence-electron chi connectivity index (χ1n) is 9.73. The predicted molar refractivity (Wildman–Crippen MR) is 114 cm³/mol. The molecule has 1 aromatic heterocycles. The number of aromatic carboxylic acids is 1. The molecule has 0 fully saturated rings. The molecule has 4 rings (SSSR count). The third-order valence-corrected chi connectivity index (χ3v) is 4.95. The predicted octanol–water partition coefficient (Wildman–Crippen LogP) is 3.30. The minimum Gasteiger partial charge on any atom is -0.492 e. The van der Waals surface area contributed by atoms with Crippen molar-refractivity contribution in [2.24, 2.45) is 0 Å². The second-order valence-electron chi connectivity index (χ2n) is 6.90. The van der Waals surface area contributed by atoms with Gasteiger partial charge in [0.1, 0.15) is 18.1 Å². The first-order valence-corrected chi connectivity index (χ1v) is 9.73. The highest BCUT2D eigenvalue weighted by atomic mass is 16.5. The van der Waals surface area contributed by atoms with Crippen LogP contribution in [-0.4, -0.2) is 38.4 Å². The third kappa shape index (κ3) is 3.85. The van der Waals surface area contributed by atoms with Gasteiger partial charge in [-0.2, -0.15) is 10.1 Å². The molecule has 158 valence electrons. The van der Waals surface area contributed by atoms with E-state index in [0.29, 0.717) is 40.8 Å². The Morgan fingerprint density at radius 1 is 1.19 bits per heavy atom. The van der Waals surface area contributed by atoms with Crippen LogP contribution in [0.2, 0.25) is 0 Å². The number of hydrogen-bond acceptors (Lipinski definition) is 6. The molecule has 2 heterocycles. The van der Waals surface area contributed by atoms with Crippen molar-refractivity contribution in [2.45, 2.75) is 19.9 Å². The van der Waals surface area contributed by atoms with Gasteiger partial charge in [-0.05, 0) is 43.7 Å². The Kier molecular flexibility index (Phi) is 5.40. The van der Waals surface area contributed by atoms with Gasteiger partial charge >= 0.3 is 5.97 Å². The largest absolute Gasteiger partial charge is 0.492 e. The lowest BCUT2D eigenvalue weighted by atomic mass is 9.94. The van der Waals surface area contributed by atoms with Crippen molar-refractivity contribution in [3.63, 3.8) is 0 Å². The maximum absolute atomic E-state index is 13.4. The number of fused-ring (bicyclic) bond motifs is 1. The van der Waals surface area contributed by atoms with E-state index in [9.17, 15) is 14.7 Å². The zero-order chi connectivity index (χ0) is 22.0. The maximum Gasteiger partial charge on any atom is 0.335 e. The van der Waals surface area contributed by atoms with E-state index < -0.39 is 12.0 Å². The van der Waals surface area contributed by atoms with Crippen LogP contribution in [0, 0.1) is 0 Å². The molecule has 0 unspecified atom stereocenters. The first-order chi connectivity index (χ1) is 15.0. The minimum absolute atomic E-state index is 0.161. The highest BCUT2D eigenvalue weighted by Crippen LogP contribution is 2.36. The quantitative estimate of drug-likeness (QED) is 0.561. The summed E-state index contributed by atoms with van der Waals surface area (Å²) in [6.45, 7) is 4.14. The van der Waals surface area contributed by atoms with Crippen LogP contribution in [0.4, 0.5) is 11.6 Å². The van der Waals surface area contributed by atoms with Crippen LogP contribution in [0.5, 0.6) is 5.75 Å². The normalized spacial score (nSPS) is 15.1. The Labute approximate surface area is 178 Å². The molecular weight excluding hydrogens is 398 g/mol. The number of amides is 1. The highest BCUT2D eigenvalue weighted by Gasteiger charge is 2.33. The van der Waals surface area contributed by atoms with Crippen LogP contribution in [0.15, 0.2) is 66.1 Å². The lowest BCUT2D eigenvalue weighted by Crippen LogP contribution is -2.31. The lowest BCUT2D eigenvalue weighted by molar-refractivity contribution is -0.113. The summed E-state index contributed by atoms with van der Waals surface area (Å²) < 4.78 is 7.22. The Morgan fingerprint density at radius 2 is 1.94 bits per heavy atom. The van der Waals surface area contributed by atoms with Gasteiger partial charge in [-0.3, -0.25) is 4.79 Å². The fraction of sp³-hybridized carbons (Fsp3) is 0.182. The fourth-order valence-electron chi connectivity index (χ4n) is 3.54. The van der Waals surface area contributed by atoms with Crippen LogP contribution in [0.3, 0.4) is 0 Å². The van der Waals surface area contributed by atoms with Crippen molar-refractivity contribution in [1.82, 2.24) is 14.8 Å². The number of nitrogens with one attached hydrogen (secondary N) is 2. The van der Waals surface area contributed by atoms with Gasteiger partial charge in [-0.15, -0.1) is 0 Å². The van der Waals surface area contributed by atoms with Crippen LogP contribution in [0.25, 0.3) is 0 Å². The summed E-state index contributed by atoms with van der Waals surface area (Å²) in [5, 5.41) is 19.5. The van der Waals surface area contributed by atoms with Gasteiger partial charge in [0.2, 0.25) is 5.95 Å². The fourth-order valence-corrected chi connectivity index (χ4v) is 3.54. The van der Waals surface area contributed by atoms with Crippen LogP contribution in [-0.2, 0) is 4.79 Å². The number of para-hydroxylation sites is 2. The van der Waals surface area contributed by atoms with Crippen molar-refractivity contribution in [3.8, 4) is 5.75 Å². The van der Waals surface area contributed by atoms with E-state index >= 15 is 0 Å². The van der Waals surface area contributed by atoms with E-state index in [1.165, 1.54) is 18.5 Å². The lowest BCUT2D eigenvalue weighted by Gasteiger charge is -2.29. The van der Waals surface area contributed by atoms with Gasteiger partial charge in [0, 0.05) is 5.70 Å². The molecule has 2 aromatic carbocycles. The van der Waals surface area contributed by atoms with E-state index in [1.54, 1.807) is 35.9 Å². The number of rotatable bonds is 6. The summed E-state index contributed by atoms with van der Waals surface area (Å²) in [5.74, 6) is -0.276. The van der Waals surface area contributed by atoms with E-state index in [4.69, 9.17) is 4.74 Å². The number of anilines is 2. The van der Waals surface area contributed by atoms with Crippen molar-refractivity contribution in [3.05, 3.63) is 77.3 Å². The minimum atomic E-state index is -1.02. The van der Waals surface area contributed by atoms with Gasteiger partial charge < -0.3 is 20.5 Å². The summed E-state index contributed by atoms with van der Waals surface area (Å²) >= 11 is 0. The van der Waals surface area contributed by atoms with Crippen LogP contribution < -0.4 is 15.4 Å². The molecule has 0 spiro atoms. The van der Waals surface area contributed by atoms with Crippen molar-refractivity contribution < 1.29 is 19.4 Å². The number of nitrogens with zero attached hydrogens (tertiary/aromatic N) is 3. The van der Waals surface area contributed by atoms with Gasteiger partial charge in [-0.25, -0.2) is 9.48 Å². The molecule has 1 aliphatic rings. The Hall–Kier alpha value is -4.14. The number of hydrogen-bond donors (Lipinski definition) is 3. The Balaban J connectivity index is 1.74. The number of carboxylic acid groups (broad SMARTS) is 1. The maximum atomic E-state index is 13.4. The van der Waals surface area contributed by atoms with E-state index in [-0.39, 0.29) is 11.5 Å². The van der Waals surface area contributed by atoms with E-state index in [2.05, 4.69) is 20.7 Å². The molecule has 1 atom stereocenters. The average molecular weight is 419 g/mol. The molecule has 3 aromatic rings.